The Hall–Kier alpha value is -6.49. The summed E-state index contributed by atoms with van der Waals surface area (Å²) >= 11 is 0. The second kappa shape index (κ2) is 12.7. The summed E-state index contributed by atoms with van der Waals surface area (Å²) in [5.74, 6) is 2.14. The third-order valence-corrected chi connectivity index (χ3v) is 10.7. The number of H-pyrrole nitrogens is 2. The molecule has 4 atom stereocenters. The van der Waals surface area contributed by atoms with Crippen LogP contribution in [0.4, 0.5) is 0 Å². The van der Waals surface area contributed by atoms with Crippen molar-refractivity contribution in [2.24, 2.45) is 14.1 Å². The molecule has 2 aliphatic rings. The predicted molar refractivity (Wildman–Crippen MR) is 198 cm³/mol. The zero-order valence-electron chi connectivity index (χ0n) is 28.6. The van der Waals surface area contributed by atoms with Gasteiger partial charge in [-0.1, -0.05) is 84.9 Å². The molecule has 4 heterocycles. The van der Waals surface area contributed by atoms with Crippen molar-refractivity contribution < 1.29 is 0 Å². The summed E-state index contributed by atoms with van der Waals surface area (Å²) in [5, 5.41) is 21.9. The van der Waals surface area contributed by atoms with E-state index in [2.05, 4.69) is 96.1 Å². The van der Waals surface area contributed by atoms with Crippen LogP contribution in [-0.4, -0.2) is 44.7 Å². The number of hydrogen-bond donors (Lipinski definition) is 2. The van der Waals surface area contributed by atoms with E-state index in [-0.39, 0.29) is 34.8 Å². The topological polar surface area (TPSA) is 140 Å². The van der Waals surface area contributed by atoms with Gasteiger partial charge in [0.15, 0.2) is 0 Å². The molecule has 10 rings (SSSR count). The highest BCUT2D eigenvalue weighted by atomic mass is 16.1. The monoisotopic (exact) mass is 685 g/mol. The number of nitrogens with zero attached hydrogens (tertiary/aromatic N) is 7. The van der Waals surface area contributed by atoms with Crippen molar-refractivity contribution in [1.82, 2.24) is 44.7 Å². The van der Waals surface area contributed by atoms with Crippen molar-refractivity contribution in [3.05, 3.63) is 182 Å². The van der Waals surface area contributed by atoms with Gasteiger partial charge in [-0.15, -0.1) is 0 Å². The van der Waals surface area contributed by atoms with Crippen LogP contribution in [0.25, 0.3) is 21.5 Å². The van der Waals surface area contributed by atoms with Gasteiger partial charge in [-0.05, 0) is 47.2 Å². The first-order valence-electron chi connectivity index (χ1n) is 17.4. The maximum atomic E-state index is 12.3. The normalized spacial score (nSPS) is 19.0. The minimum Gasteiger partial charge on any atom is -0.337 e. The van der Waals surface area contributed by atoms with Crippen LogP contribution in [0, 0.1) is 0 Å². The average molecular weight is 686 g/mol. The number of aromatic nitrogens is 9. The van der Waals surface area contributed by atoms with Gasteiger partial charge >= 0.3 is 0 Å². The van der Waals surface area contributed by atoms with E-state index in [1.165, 1.54) is 16.7 Å². The fraction of sp³-hybridized carbons (Fsp3) is 0.195. The van der Waals surface area contributed by atoms with Crippen LogP contribution in [0.15, 0.2) is 125 Å². The number of aryl methyl sites for hydroxylation is 2. The summed E-state index contributed by atoms with van der Waals surface area (Å²) in [6.45, 7) is 0. The quantitative estimate of drug-likeness (QED) is 0.244. The average Bonchev–Trinajstić information content (AvgIpc) is 3.82. The molecule has 4 unspecified atom stereocenters. The molecule has 0 saturated carbocycles. The molecule has 2 N–H and O–H groups in total. The van der Waals surface area contributed by atoms with E-state index in [0.29, 0.717) is 10.8 Å². The lowest BCUT2D eigenvalue weighted by molar-refractivity contribution is 0.522. The van der Waals surface area contributed by atoms with Crippen LogP contribution in [0.1, 0.15) is 69.0 Å². The molecule has 0 fully saturated rings. The van der Waals surface area contributed by atoms with E-state index in [4.69, 9.17) is 0 Å². The van der Waals surface area contributed by atoms with Gasteiger partial charge in [0.1, 0.15) is 18.0 Å². The van der Waals surface area contributed by atoms with Crippen LogP contribution in [0.3, 0.4) is 0 Å². The highest BCUT2D eigenvalue weighted by Crippen LogP contribution is 2.47. The highest BCUT2D eigenvalue weighted by Gasteiger charge is 2.38. The minimum absolute atomic E-state index is 0.00773. The highest BCUT2D eigenvalue weighted by molar-refractivity contribution is 5.89. The Morgan fingerprint density at radius 1 is 0.615 bits per heavy atom. The number of aromatic amines is 2. The van der Waals surface area contributed by atoms with E-state index in [1.807, 2.05) is 67.5 Å². The molecular formula is C41H35N9O2. The van der Waals surface area contributed by atoms with Crippen molar-refractivity contribution >= 4 is 21.5 Å². The van der Waals surface area contributed by atoms with Gasteiger partial charge in [-0.3, -0.25) is 14.3 Å². The molecule has 8 aromatic rings. The van der Waals surface area contributed by atoms with Crippen molar-refractivity contribution in [1.29, 1.82) is 0 Å². The summed E-state index contributed by atoms with van der Waals surface area (Å²) in [5.41, 5.74) is 6.31. The number of hydrogen-bond acceptors (Lipinski definition) is 7. The molecule has 52 heavy (non-hydrogen) atoms. The number of imidazole rings is 1. The summed E-state index contributed by atoms with van der Waals surface area (Å²) in [6.07, 6.45) is 7.04. The van der Waals surface area contributed by atoms with Gasteiger partial charge in [0.25, 0.3) is 11.1 Å². The lowest BCUT2D eigenvalue weighted by Gasteiger charge is -2.32. The molecule has 2 aliphatic carbocycles. The Labute approximate surface area is 298 Å². The van der Waals surface area contributed by atoms with Crippen molar-refractivity contribution in [3.63, 3.8) is 0 Å². The second-order valence-corrected chi connectivity index (χ2v) is 13.6. The van der Waals surface area contributed by atoms with Crippen LogP contribution in [-0.2, 0) is 26.9 Å². The van der Waals surface area contributed by atoms with Crippen LogP contribution in [0.2, 0.25) is 0 Å². The molecule has 0 amide bonds. The fourth-order valence-electron chi connectivity index (χ4n) is 8.41. The van der Waals surface area contributed by atoms with Gasteiger partial charge in [-0.25, -0.2) is 20.2 Å². The zero-order chi connectivity index (χ0) is 35.3. The standard InChI is InChI=1S/C21H18N4O.C20H17N5O/c1-25-11-10-22-20(25)18-16(13-6-3-2-4-7-13)12-14-8-5-9-15-17(14)19(18)23-24-21(15)26;1-25-19(21-11-22-25)17-15(12-6-3-2-4-7-12)10-13-8-5-9-14-16(13)18(17)23-24-20(14)26/h2-11,16,18H,12H2,1H3,(H,24,26);2-9,11,15,17H,10H2,1H3,(H,24,26). The maximum Gasteiger partial charge on any atom is 0.272 e. The van der Waals surface area contributed by atoms with E-state index < -0.39 is 0 Å². The summed E-state index contributed by atoms with van der Waals surface area (Å²) < 4.78 is 3.85. The molecular weight excluding hydrogens is 651 g/mol. The van der Waals surface area contributed by atoms with Crippen LogP contribution in [0.5, 0.6) is 0 Å². The number of rotatable bonds is 4. The summed E-state index contributed by atoms with van der Waals surface area (Å²) in [6, 6.07) is 32.8. The molecule has 0 spiro atoms. The van der Waals surface area contributed by atoms with E-state index in [1.54, 1.807) is 11.0 Å². The Bertz CT molecular complexity index is 2510. The van der Waals surface area contributed by atoms with Crippen molar-refractivity contribution in [2.45, 2.75) is 36.5 Å². The third kappa shape index (κ3) is 5.15. The molecule has 0 radical (unpaired) electrons. The van der Waals surface area contributed by atoms with Gasteiger partial charge in [0.05, 0.1) is 34.0 Å². The number of nitrogens with one attached hydrogen (secondary N) is 2. The predicted octanol–water partition coefficient (Wildman–Crippen LogP) is 5.65. The van der Waals surface area contributed by atoms with Gasteiger partial charge < -0.3 is 4.57 Å². The number of benzene rings is 4. The first-order valence-corrected chi connectivity index (χ1v) is 17.4. The SMILES string of the molecule is Cn1ccnc1C1c2n[nH]c(=O)c3cccc(c23)CC1c1ccccc1.Cn1ncnc1C1c2n[nH]c(=O)c3cccc(c23)CC1c1ccccc1. The zero-order valence-corrected chi connectivity index (χ0v) is 28.6. The van der Waals surface area contributed by atoms with Gasteiger partial charge in [0, 0.05) is 49.1 Å². The first-order chi connectivity index (χ1) is 25.5. The Kier molecular flexibility index (Phi) is 7.68. The van der Waals surface area contributed by atoms with E-state index >= 15 is 0 Å². The Balaban J connectivity index is 0.000000138. The smallest absolute Gasteiger partial charge is 0.272 e. The van der Waals surface area contributed by atoms with Crippen molar-refractivity contribution in [2.75, 3.05) is 0 Å². The molecule has 0 aliphatic heterocycles. The molecule has 0 saturated heterocycles. The van der Waals surface area contributed by atoms with Gasteiger partial charge in [0.2, 0.25) is 0 Å². The maximum absolute atomic E-state index is 12.3. The summed E-state index contributed by atoms with van der Waals surface area (Å²) in [4.78, 5) is 33.7. The van der Waals surface area contributed by atoms with Crippen LogP contribution >= 0.6 is 0 Å². The largest absolute Gasteiger partial charge is 0.337 e. The summed E-state index contributed by atoms with van der Waals surface area (Å²) in [7, 11) is 3.90. The lowest BCUT2D eigenvalue weighted by Crippen LogP contribution is -2.26. The molecule has 256 valence electrons. The molecule has 4 aromatic heterocycles. The van der Waals surface area contributed by atoms with E-state index in [9.17, 15) is 9.59 Å². The van der Waals surface area contributed by atoms with Gasteiger partial charge in [-0.2, -0.15) is 15.3 Å². The lowest BCUT2D eigenvalue weighted by atomic mass is 9.73. The first kappa shape index (κ1) is 31.5. The van der Waals surface area contributed by atoms with Crippen molar-refractivity contribution in [3.8, 4) is 0 Å². The second-order valence-electron chi connectivity index (χ2n) is 13.6. The Morgan fingerprint density at radius 3 is 1.60 bits per heavy atom. The molecule has 11 heteroatoms. The van der Waals surface area contributed by atoms with E-state index in [0.717, 1.165) is 52.2 Å². The van der Waals surface area contributed by atoms with Crippen LogP contribution < -0.4 is 11.1 Å². The molecule has 4 aromatic carbocycles. The Morgan fingerprint density at radius 2 is 1.13 bits per heavy atom. The third-order valence-electron chi connectivity index (χ3n) is 10.7. The minimum atomic E-state index is -0.152. The molecule has 0 bridgehead atoms. The molecule has 11 nitrogen and oxygen atoms in total. The fourth-order valence-corrected chi connectivity index (χ4v) is 8.41.